The summed E-state index contributed by atoms with van der Waals surface area (Å²) in [6.07, 6.45) is 0. The molecule has 6 heteroatoms. The van der Waals surface area contributed by atoms with Crippen LogP contribution in [0, 0.1) is 5.82 Å². The zero-order chi connectivity index (χ0) is 19.2. The van der Waals surface area contributed by atoms with E-state index in [2.05, 4.69) is 21.2 Å². The Morgan fingerprint density at radius 3 is 2.48 bits per heavy atom. The van der Waals surface area contributed by atoms with Crippen LogP contribution in [0.3, 0.4) is 0 Å². The van der Waals surface area contributed by atoms with Gasteiger partial charge in [-0.3, -0.25) is 0 Å². The highest BCUT2D eigenvalue weighted by molar-refractivity contribution is 9.10. The van der Waals surface area contributed by atoms with Crippen molar-refractivity contribution in [3.63, 3.8) is 0 Å². The summed E-state index contributed by atoms with van der Waals surface area (Å²) in [5.41, 5.74) is 2.17. The third kappa shape index (κ3) is 4.71. The first-order chi connectivity index (χ1) is 13.1. The van der Waals surface area contributed by atoms with Gasteiger partial charge in [-0.05, 0) is 42.5 Å². The number of halogens is 2. The maximum atomic E-state index is 13.9. The lowest BCUT2D eigenvalue weighted by atomic mass is 10.1. The molecule has 140 valence electrons. The third-order valence-electron chi connectivity index (χ3n) is 4.05. The number of hydrogen-bond donors (Lipinski definition) is 2. The zero-order valence-corrected chi connectivity index (χ0v) is 16.3. The minimum Gasteiger partial charge on any atom is -0.508 e. The number of nitrogens with one attached hydrogen (secondary N) is 1. The van der Waals surface area contributed by atoms with Gasteiger partial charge in [-0.15, -0.1) is 0 Å². The molecular weight excluding hydrogens is 413 g/mol. The van der Waals surface area contributed by atoms with E-state index in [4.69, 9.17) is 9.47 Å². The first kappa shape index (κ1) is 19.0. The van der Waals surface area contributed by atoms with Crippen molar-refractivity contribution >= 4 is 21.6 Å². The number of methoxy groups -OCH3 is 1. The second-order valence-electron chi connectivity index (χ2n) is 5.84. The van der Waals surface area contributed by atoms with Crippen molar-refractivity contribution in [3.05, 3.63) is 82.1 Å². The number of benzene rings is 3. The van der Waals surface area contributed by atoms with Crippen LogP contribution in [-0.2, 0) is 13.2 Å². The van der Waals surface area contributed by atoms with Crippen LogP contribution in [0.5, 0.6) is 17.2 Å². The number of aromatic hydroxyl groups is 1. The Bertz CT molecular complexity index is 916. The van der Waals surface area contributed by atoms with Crippen molar-refractivity contribution in [2.75, 3.05) is 12.4 Å². The number of hydrogen-bond acceptors (Lipinski definition) is 4. The maximum Gasteiger partial charge on any atom is 0.167 e. The lowest BCUT2D eigenvalue weighted by Gasteiger charge is -2.18. The van der Waals surface area contributed by atoms with Crippen LogP contribution < -0.4 is 14.8 Å². The highest BCUT2D eigenvalue weighted by Gasteiger charge is 2.15. The molecule has 0 fully saturated rings. The minimum absolute atomic E-state index is 0.0890. The van der Waals surface area contributed by atoms with Crippen LogP contribution in [0.25, 0.3) is 0 Å². The summed E-state index contributed by atoms with van der Waals surface area (Å²) in [6, 6.07) is 17.0. The lowest BCUT2D eigenvalue weighted by molar-refractivity contribution is 0.276. The normalized spacial score (nSPS) is 10.5. The highest BCUT2D eigenvalue weighted by atomic mass is 79.9. The summed E-state index contributed by atoms with van der Waals surface area (Å²) >= 11 is 3.55. The van der Waals surface area contributed by atoms with Crippen molar-refractivity contribution in [1.82, 2.24) is 0 Å². The Morgan fingerprint density at radius 1 is 1.04 bits per heavy atom. The third-order valence-corrected chi connectivity index (χ3v) is 4.80. The molecule has 4 nitrogen and oxygen atoms in total. The van der Waals surface area contributed by atoms with E-state index in [1.54, 1.807) is 55.6 Å². The maximum absolute atomic E-state index is 13.9. The Balaban J connectivity index is 1.83. The molecule has 0 heterocycles. The summed E-state index contributed by atoms with van der Waals surface area (Å²) in [6.45, 7) is 0.543. The van der Waals surface area contributed by atoms with Gasteiger partial charge in [0.2, 0.25) is 0 Å². The van der Waals surface area contributed by atoms with Crippen molar-refractivity contribution in [1.29, 1.82) is 0 Å². The average Bonchev–Trinajstić information content (AvgIpc) is 2.68. The molecule has 27 heavy (non-hydrogen) atoms. The second kappa shape index (κ2) is 8.77. The molecule has 0 aliphatic heterocycles. The van der Waals surface area contributed by atoms with Crippen LogP contribution in [0.1, 0.15) is 11.1 Å². The summed E-state index contributed by atoms with van der Waals surface area (Å²) in [7, 11) is 1.57. The quantitative estimate of drug-likeness (QED) is 0.485. The Hall–Kier alpha value is -2.73. The summed E-state index contributed by atoms with van der Waals surface area (Å²) in [5, 5.41) is 12.7. The molecule has 2 N–H and O–H groups in total. The van der Waals surface area contributed by atoms with Gasteiger partial charge in [0, 0.05) is 27.8 Å². The van der Waals surface area contributed by atoms with Gasteiger partial charge in [0.15, 0.2) is 11.5 Å². The van der Waals surface area contributed by atoms with Crippen LogP contribution in [-0.4, -0.2) is 12.2 Å². The fourth-order valence-corrected chi connectivity index (χ4v) is 3.05. The monoisotopic (exact) mass is 431 g/mol. The molecule has 0 saturated heterocycles. The zero-order valence-electron chi connectivity index (χ0n) is 14.7. The fraction of sp³-hybridized carbons (Fsp3) is 0.143. The van der Waals surface area contributed by atoms with Gasteiger partial charge >= 0.3 is 0 Å². The van der Waals surface area contributed by atoms with Gasteiger partial charge in [-0.2, -0.15) is 0 Å². The molecule has 3 aromatic carbocycles. The molecule has 0 unspecified atom stereocenters. The number of anilines is 1. The van der Waals surface area contributed by atoms with E-state index in [0.29, 0.717) is 23.6 Å². The van der Waals surface area contributed by atoms with Gasteiger partial charge in [0.1, 0.15) is 18.2 Å². The molecule has 0 bridgehead atoms. The number of phenols is 1. The van der Waals surface area contributed by atoms with Gasteiger partial charge in [0.25, 0.3) is 0 Å². The molecule has 0 atom stereocenters. The van der Waals surface area contributed by atoms with Gasteiger partial charge in [-0.25, -0.2) is 4.39 Å². The van der Waals surface area contributed by atoms with E-state index in [1.165, 1.54) is 6.07 Å². The molecule has 3 rings (SSSR count). The van der Waals surface area contributed by atoms with E-state index in [-0.39, 0.29) is 18.2 Å². The molecule has 0 spiro atoms. The van der Waals surface area contributed by atoms with Crippen molar-refractivity contribution in [3.8, 4) is 17.2 Å². The Kier molecular flexibility index (Phi) is 6.19. The Labute approximate surface area is 165 Å². The minimum atomic E-state index is -0.310. The van der Waals surface area contributed by atoms with Crippen LogP contribution in [0.4, 0.5) is 10.1 Å². The molecule has 3 aromatic rings. The standard InChI is InChI=1S/C21H19BrFNO3/c1-26-20-11-10-18(22)17(12-24-15-6-8-16(25)9-7-15)21(20)27-13-14-4-2-3-5-19(14)23/h2-11,24-25H,12-13H2,1H3. The summed E-state index contributed by atoms with van der Waals surface area (Å²) in [5.74, 6) is 1.01. The SMILES string of the molecule is COc1ccc(Br)c(CNc2ccc(O)cc2)c1OCc1ccccc1F. The molecule has 0 aromatic heterocycles. The number of phenolic OH excluding ortho intramolecular Hbond substituents is 1. The second-order valence-corrected chi connectivity index (χ2v) is 6.69. The Morgan fingerprint density at radius 2 is 1.78 bits per heavy atom. The highest BCUT2D eigenvalue weighted by Crippen LogP contribution is 2.37. The topological polar surface area (TPSA) is 50.7 Å². The van der Waals surface area contributed by atoms with Gasteiger partial charge in [-0.1, -0.05) is 34.1 Å². The summed E-state index contributed by atoms with van der Waals surface area (Å²) in [4.78, 5) is 0. The van der Waals surface area contributed by atoms with Crippen molar-refractivity contribution in [2.24, 2.45) is 0 Å². The molecule has 0 aliphatic carbocycles. The number of ether oxygens (including phenoxy) is 2. The molecule has 0 aliphatic rings. The van der Waals surface area contributed by atoms with Crippen LogP contribution in [0.2, 0.25) is 0 Å². The first-order valence-corrected chi connectivity index (χ1v) is 9.12. The van der Waals surface area contributed by atoms with Crippen molar-refractivity contribution in [2.45, 2.75) is 13.2 Å². The number of rotatable bonds is 7. The van der Waals surface area contributed by atoms with E-state index in [0.717, 1.165) is 15.7 Å². The van der Waals surface area contributed by atoms with Gasteiger partial charge < -0.3 is 19.9 Å². The fourth-order valence-electron chi connectivity index (χ4n) is 2.60. The van der Waals surface area contributed by atoms with Gasteiger partial charge in [0.05, 0.1) is 7.11 Å². The van der Waals surface area contributed by atoms with Crippen molar-refractivity contribution < 1.29 is 19.0 Å². The molecule has 0 saturated carbocycles. The average molecular weight is 432 g/mol. The largest absolute Gasteiger partial charge is 0.508 e. The van der Waals surface area contributed by atoms with Crippen LogP contribution >= 0.6 is 15.9 Å². The van der Waals surface area contributed by atoms with E-state index >= 15 is 0 Å². The molecular formula is C21H19BrFNO3. The molecule has 0 radical (unpaired) electrons. The summed E-state index contributed by atoms with van der Waals surface area (Å²) < 4.78 is 26.1. The predicted molar refractivity (Wildman–Crippen MR) is 107 cm³/mol. The first-order valence-electron chi connectivity index (χ1n) is 8.33. The van der Waals surface area contributed by atoms with E-state index < -0.39 is 0 Å². The van der Waals surface area contributed by atoms with E-state index in [9.17, 15) is 9.50 Å². The lowest BCUT2D eigenvalue weighted by Crippen LogP contribution is -2.07. The predicted octanol–water partition coefficient (Wildman–Crippen LogP) is 5.49. The smallest absolute Gasteiger partial charge is 0.167 e. The van der Waals surface area contributed by atoms with E-state index in [1.807, 2.05) is 6.07 Å². The van der Waals surface area contributed by atoms with Crippen LogP contribution in [0.15, 0.2) is 65.1 Å². The molecule has 0 amide bonds.